The van der Waals surface area contributed by atoms with Gasteiger partial charge in [0.15, 0.2) is 0 Å². The Kier molecular flexibility index (Phi) is 5.46. The first-order chi connectivity index (χ1) is 8.99. The molecular weight excluding hydrogens is 255 g/mol. The molecule has 1 rings (SSSR count). The van der Waals surface area contributed by atoms with Gasteiger partial charge < -0.3 is 10.4 Å². The smallest absolute Gasteiger partial charge is 0.321 e. The van der Waals surface area contributed by atoms with Gasteiger partial charge in [-0.1, -0.05) is 18.2 Å². The lowest BCUT2D eigenvalue weighted by molar-refractivity contribution is -0.138. The van der Waals surface area contributed by atoms with E-state index >= 15 is 0 Å². The van der Waals surface area contributed by atoms with Crippen LogP contribution < -0.4 is 10.6 Å². The summed E-state index contributed by atoms with van der Waals surface area (Å²) in [6, 6.07) is 5.11. The Bertz CT molecular complexity index is 490. The third kappa shape index (κ3) is 5.62. The van der Waals surface area contributed by atoms with E-state index in [-0.39, 0.29) is 24.9 Å². The molecule has 3 N–H and O–H groups in total. The second-order valence-corrected chi connectivity index (χ2v) is 3.72. The predicted octanol–water partition coefficient (Wildman–Crippen LogP) is 1.02. The van der Waals surface area contributed by atoms with Crippen molar-refractivity contribution in [3.63, 3.8) is 0 Å². The molecule has 19 heavy (non-hydrogen) atoms. The summed E-state index contributed by atoms with van der Waals surface area (Å²) in [6.45, 7) is -0.0648. The van der Waals surface area contributed by atoms with E-state index < -0.39 is 23.7 Å². The van der Waals surface area contributed by atoms with Gasteiger partial charge in [0, 0.05) is 18.5 Å². The van der Waals surface area contributed by atoms with Gasteiger partial charge in [0.2, 0.25) is 5.91 Å². The Labute approximate surface area is 108 Å². The van der Waals surface area contributed by atoms with E-state index in [9.17, 15) is 18.8 Å². The fraction of sp³-hybridized carbons (Fsp3) is 0.250. The number of hydrogen-bond donors (Lipinski definition) is 3. The highest BCUT2D eigenvalue weighted by molar-refractivity contribution is 5.95. The van der Waals surface area contributed by atoms with E-state index in [1.165, 1.54) is 18.2 Å². The third-order valence-electron chi connectivity index (χ3n) is 2.22. The van der Waals surface area contributed by atoms with Crippen molar-refractivity contribution in [2.45, 2.75) is 19.4 Å². The number of rotatable bonds is 5. The number of amides is 3. The standard InChI is InChI=1S/C12H13FN2O4/c13-9-4-2-1-3-8(9)7-14-12(19)15-10(16)5-6-11(17)18/h1-4H,5-7H2,(H,17,18)(H2,14,15,16,19). The van der Waals surface area contributed by atoms with Crippen molar-refractivity contribution in [2.75, 3.05) is 0 Å². The van der Waals surface area contributed by atoms with Crippen LogP contribution in [0.1, 0.15) is 18.4 Å². The van der Waals surface area contributed by atoms with Crippen LogP contribution in [0, 0.1) is 5.82 Å². The van der Waals surface area contributed by atoms with E-state index in [1.807, 2.05) is 5.32 Å². The molecule has 0 saturated carbocycles. The minimum atomic E-state index is -1.12. The summed E-state index contributed by atoms with van der Waals surface area (Å²) >= 11 is 0. The summed E-state index contributed by atoms with van der Waals surface area (Å²) in [6.07, 6.45) is -0.644. The summed E-state index contributed by atoms with van der Waals surface area (Å²) < 4.78 is 13.2. The molecule has 0 aromatic heterocycles. The number of carbonyl (C=O) groups is 3. The number of nitrogens with one attached hydrogen (secondary N) is 2. The van der Waals surface area contributed by atoms with Crippen LogP contribution in [0.25, 0.3) is 0 Å². The normalized spacial score (nSPS) is 9.74. The van der Waals surface area contributed by atoms with Crippen LogP contribution in [0.5, 0.6) is 0 Å². The monoisotopic (exact) mass is 268 g/mol. The molecule has 102 valence electrons. The van der Waals surface area contributed by atoms with Crippen molar-refractivity contribution in [3.05, 3.63) is 35.6 Å². The zero-order valence-electron chi connectivity index (χ0n) is 9.98. The van der Waals surface area contributed by atoms with Crippen molar-refractivity contribution in [2.24, 2.45) is 0 Å². The quantitative estimate of drug-likeness (QED) is 0.742. The summed E-state index contributed by atoms with van der Waals surface area (Å²) in [5.74, 6) is -2.28. The molecule has 0 heterocycles. The molecule has 0 aliphatic heterocycles. The van der Waals surface area contributed by atoms with Crippen molar-refractivity contribution < 1.29 is 23.9 Å². The lowest BCUT2D eigenvalue weighted by atomic mass is 10.2. The van der Waals surface area contributed by atoms with Gasteiger partial charge in [0.05, 0.1) is 6.42 Å². The Morgan fingerprint density at radius 1 is 1.16 bits per heavy atom. The summed E-state index contributed by atoms with van der Waals surface area (Å²) in [5, 5.41) is 12.6. The van der Waals surface area contributed by atoms with Crippen molar-refractivity contribution in [1.29, 1.82) is 0 Å². The molecule has 6 nitrogen and oxygen atoms in total. The number of carboxylic acid groups (broad SMARTS) is 1. The second-order valence-electron chi connectivity index (χ2n) is 3.72. The maximum absolute atomic E-state index is 13.2. The molecule has 0 saturated heterocycles. The van der Waals surface area contributed by atoms with Gasteiger partial charge in [-0.25, -0.2) is 9.18 Å². The van der Waals surface area contributed by atoms with Gasteiger partial charge >= 0.3 is 12.0 Å². The minimum Gasteiger partial charge on any atom is -0.481 e. The molecule has 0 bridgehead atoms. The Balaban J connectivity index is 2.34. The average Bonchev–Trinajstić information content (AvgIpc) is 2.35. The molecule has 0 aliphatic rings. The zero-order chi connectivity index (χ0) is 14.3. The van der Waals surface area contributed by atoms with Crippen LogP contribution in [-0.2, 0) is 16.1 Å². The van der Waals surface area contributed by atoms with Crippen molar-refractivity contribution in [3.8, 4) is 0 Å². The molecule has 7 heteroatoms. The van der Waals surface area contributed by atoms with Crippen LogP contribution >= 0.6 is 0 Å². The molecule has 1 aromatic rings. The zero-order valence-corrected chi connectivity index (χ0v) is 9.98. The molecule has 0 aliphatic carbocycles. The van der Waals surface area contributed by atoms with Crippen LogP contribution in [0.4, 0.5) is 9.18 Å². The average molecular weight is 268 g/mol. The van der Waals surface area contributed by atoms with E-state index in [4.69, 9.17) is 5.11 Å². The maximum atomic E-state index is 13.2. The number of carboxylic acids is 1. The third-order valence-corrected chi connectivity index (χ3v) is 2.22. The number of hydrogen-bond acceptors (Lipinski definition) is 3. The number of imide groups is 1. The van der Waals surface area contributed by atoms with E-state index in [0.717, 1.165) is 0 Å². The Morgan fingerprint density at radius 2 is 1.84 bits per heavy atom. The first kappa shape index (κ1) is 14.6. The first-order valence-corrected chi connectivity index (χ1v) is 5.52. The maximum Gasteiger partial charge on any atom is 0.321 e. The van der Waals surface area contributed by atoms with Gasteiger partial charge in [-0.3, -0.25) is 14.9 Å². The summed E-state index contributed by atoms with van der Waals surface area (Å²) in [5.41, 5.74) is 0.288. The highest BCUT2D eigenvalue weighted by Gasteiger charge is 2.10. The first-order valence-electron chi connectivity index (χ1n) is 5.52. The fourth-order valence-electron chi connectivity index (χ4n) is 1.27. The molecule has 3 amide bonds. The van der Waals surface area contributed by atoms with Crippen molar-refractivity contribution >= 4 is 17.9 Å². The Morgan fingerprint density at radius 3 is 2.47 bits per heavy atom. The van der Waals surface area contributed by atoms with Gasteiger partial charge in [-0.2, -0.15) is 0 Å². The highest BCUT2D eigenvalue weighted by Crippen LogP contribution is 2.05. The van der Waals surface area contributed by atoms with Gasteiger partial charge in [0.1, 0.15) is 5.82 Å². The van der Waals surface area contributed by atoms with E-state index in [2.05, 4.69) is 5.32 Å². The molecule has 0 fully saturated rings. The minimum absolute atomic E-state index is 0.0648. The van der Waals surface area contributed by atoms with Gasteiger partial charge in [0.25, 0.3) is 0 Å². The lowest BCUT2D eigenvalue weighted by Crippen LogP contribution is -2.39. The largest absolute Gasteiger partial charge is 0.481 e. The van der Waals surface area contributed by atoms with Crippen LogP contribution in [0.3, 0.4) is 0 Å². The summed E-state index contributed by atoms with van der Waals surface area (Å²) in [4.78, 5) is 32.6. The predicted molar refractivity (Wildman–Crippen MR) is 63.6 cm³/mol. The number of benzene rings is 1. The summed E-state index contributed by atoms with van der Waals surface area (Å²) in [7, 11) is 0. The van der Waals surface area contributed by atoms with Gasteiger partial charge in [-0.15, -0.1) is 0 Å². The number of carbonyl (C=O) groups excluding carboxylic acids is 2. The van der Waals surface area contributed by atoms with Crippen LogP contribution in [-0.4, -0.2) is 23.0 Å². The number of aliphatic carboxylic acids is 1. The van der Waals surface area contributed by atoms with Crippen LogP contribution in [0.15, 0.2) is 24.3 Å². The van der Waals surface area contributed by atoms with Gasteiger partial charge in [-0.05, 0) is 6.07 Å². The molecule has 0 spiro atoms. The van der Waals surface area contributed by atoms with Crippen LogP contribution in [0.2, 0.25) is 0 Å². The molecule has 0 unspecified atom stereocenters. The lowest BCUT2D eigenvalue weighted by Gasteiger charge is -2.07. The second kappa shape index (κ2) is 7.10. The fourth-order valence-corrected chi connectivity index (χ4v) is 1.27. The molecule has 1 aromatic carbocycles. The molecule has 0 radical (unpaired) electrons. The number of urea groups is 1. The molecular formula is C12H13FN2O4. The number of halogens is 1. The topological polar surface area (TPSA) is 95.5 Å². The van der Waals surface area contributed by atoms with Crippen molar-refractivity contribution in [1.82, 2.24) is 10.6 Å². The molecule has 0 atom stereocenters. The SMILES string of the molecule is O=C(O)CCC(=O)NC(=O)NCc1ccccc1F. The highest BCUT2D eigenvalue weighted by atomic mass is 19.1. The Hall–Kier alpha value is -2.44. The van der Waals surface area contributed by atoms with E-state index in [1.54, 1.807) is 6.07 Å². The van der Waals surface area contributed by atoms with E-state index in [0.29, 0.717) is 0 Å².